The van der Waals surface area contributed by atoms with Crippen molar-refractivity contribution in [2.45, 2.75) is 20.3 Å². The number of piperazine rings is 1. The molecular weight excluding hydrogens is 300 g/mol. The van der Waals surface area contributed by atoms with Crippen molar-refractivity contribution in [3.63, 3.8) is 0 Å². The molecule has 0 amide bonds. The first-order chi connectivity index (χ1) is 11.7. The monoisotopic (exact) mass is 324 g/mol. The molecule has 1 aliphatic rings. The van der Waals surface area contributed by atoms with E-state index in [9.17, 15) is 0 Å². The van der Waals surface area contributed by atoms with Crippen LogP contribution in [0.2, 0.25) is 0 Å². The van der Waals surface area contributed by atoms with Crippen LogP contribution in [-0.4, -0.2) is 52.6 Å². The van der Waals surface area contributed by atoms with Crippen LogP contribution < -0.4 is 4.90 Å². The van der Waals surface area contributed by atoms with Crippen LogP contribution in [0, 0.1) is 18.3 Å². The molecule has 0 N–H and O–H groups in total. The second-order valence-electron chi connectivity index (χ2n) is 5.58. The van der Waals surface area contributed by atoms with Gasteiger partial charge < -0.3 is 9.80 Å². The minimum Gasteiger partial charge on any atom is -0.338 e. The van der Waals surface area contributed by atoms with Gasteiger partial charge in [-0.2, -0.15) is 5.26 Å². The number of likely N-dealkylation sites (N-methyl/N-ethyl adjacent to an activating group) is 1. The summed E-state index contributed by atoms with van der Waals surface area (Å²) in [6, 6.07) is 9.74. The standard InChI is InChI=1S/C13H19N5.C5H5N/c1-3-17-6-8-18(9-7-17)13-15-11(2)10-12(16-13)4-5-14;1-2-4-6-5-3-1/h10H,3-4,6-9H2,1-2H3;1-5H. The molecule has 126 valence electrons. The zero-order valence-electron chi connectivity index (χ0n) is 14.4. The number of nitriles is 1. The zero-order chi connectivity index (χ0) is 17.2. The lowest BCUT2D eigenvalue weighted by Gasteiger charge is -2.34. The number of aryl methyl sites for hydroxylation is 1. The molecule has 1 aliphatic heterocycles. The van der Waals surface area contributed by atoms with Gasteiger partial charge in [0.25, 0.3) is 0 Å². The second-order valence-corrected chi connectivity index (χ2v) is 5.58. The van der Waals surface area contributed by atoms with E-state index in [1.807, 2.05) is 31.2 Å². The molecule has 3 heterocycles. The van der Waals surface area contributed by atoms with Gasteiger partial charge in [-0.25, -0.2) is 9.97 Å². The summed E-state index contributed by atoms with van der Waals surface area (Å²) in [6.45, 7) is 9.27. The minimum atomic E-state index is 0.352. The molecule has 0 saturated carbocycles. The van der Waals surface area contributed by atoms with E-state index in [1.165, 1.54) is 0 Å². The molecular formula is C18H24N6. The Morgan fingerprint density at radius 1 is 1.08 bits per heavy atom. The normalized spacial score (nSPS) is 14.5. The van der Waals surface area contributed by atoms with Crippen molar-refractivity contribution in [2.75, 3.05) is 37.6 Å². The third-order valence-electron chi connectivity index (χ3n) is 3.82. The summed E-state index contributed by atoms with van der Waals surface area (Å²) in [5.41, 5.74) is 1.75. The number of hydrogen-bond acceptors (Lipinski definition) is 6. The number of anilines is 1. The van der Waals surface area contributed by atoms with Gasteiger partial charge in [-0.05, 0) is 31.7 Å². The van der Waals surface area contributed by atoms with Crippen molar-refractivity contribution in [2.24, 2.45) is 0 Å². The van der Waals surface area contributed by atoms with Gasteiger partial charge in [-0.15, -0.1) is 0 Å². The van der Waals surface area contributed by atoms with Crippen LogP contribution >= 0.6 is 0 Å². The van der Waals surface area contributed by atoms with E-state index in [-0.39, 0.29) is 0 Å². The molecule has 2 aromatic rings. The van der Waals surface area contributed by atoms with Gasteiger partial charge in [0.15, 0.2) is 0 Å². The lowest BCUT2D eigenvalue weighted by molar-refractivity contribution is 0.270. The largest absolute Gasteiger partial charge is 0.338 e. The molecule has 0 spiro atoms. The fourth-order valence-electron chi connectivity index (χ4n) is 2.51. The van der Waals surface area contributed by atoms with E-state index in [1.54, 1.807) is 12.4 Å². The fourth-order valence-corrected chi connectivity index (χ4v) is 2.51. The Bertz CT molecular complexity index is 618. The number of rotatable bonds is 3. The topological polar surface area (TPSA) is 68.9 Å². The first-order valence-corrected chi connectivity index (χ1v) is 8.26. The molecule has 24 heavy (non-hydrogen) atoms. The third-order valence-corrected chi connectivity index (χ3v) is 3.82. The summed E-state index contributed by atoms with van der Waals surface area (Å²) in [5.74, 6) is 0.774. The minimum absolute atomic E-state index is 0.352. The van der Waals surface area contributed by atoms with Gasteiger partial charge >= 0.3 is 0 Å². The third kappa shape index (κ3) is 5.60. The summed E-state index contributed by atoms with van der Waals surface area (Å²) in [7, 11) is 0. The SMILES string of the molecule is CCN1CCN(c2nc(C)cc(CC#N)n2)CC1.c1ccncc1. The molecule has 0 radical (unpaired) electrons. The second kappa shape index (κ2) is 9.58. The molecule has 6 heteroatoms. The van der Waals surface area contributed by atoms with Crippen LogP contribution in [0.3, 0.4) is 0 Å². The highest BCUT2D eigenvalue weighted by Gasteiger charge is 2.18. The summed E-state index contributed by atoms with van der Waals surface area (Å²) in [4.78, 5) is 17.4. The molecule has 0 atom stereocenters. The van der Waals surface area contributed by atoms with Crippen LogP contribution in [0.5, 0.6) is 0 Å². The van der Waals surface area contributed by atoms with Gasteiger partial charge in [0, 0.05) is 44.3 Å². The van der Waals surface area contributed by atoms with Crippen LogP contribution in [0.1, 0.15) is 18.3 Å². The van der Waals surface area contributed by atoms with Crippen LogP contribution in [0.25, 0.3) is 0 Å². The maximum absolute atomic E-state index is 8.75. The molecule has 2 aromatic heterocycles. The summed E-state index contributed by atoms with van der Waals surface area (Å²) in [6.07, 6.45) is 3.85. The number of pyridine rings is 1. The Hall–Kier alpha value is -2.52. The maximum Gasteiger partial charge on any atom is 0.225 e. The Morgan fingerprint density at radius 3 is 2.29 bits per heavy atom. The molecule has 0 bridgehead atoms. The predicted octanol–water partition coefficient (Wildman–Crippen LogP) is 2.07. The average molecular weight is 324 g/mol. The summed E-state index contributed by atoms with van der Waals surface area (Å²) >= 11 is 0. The molecule has 0 unspecified atom stereocenters. The predicted molar refractivity (Wildman–Crippen MR) is 94.7 cm³/mol. The number of nitrogens with zero attached hydrogens (tertiary/aromatic N) is 6. The molecule has 3 rings (SSSR count). The van der Waals surface area contributed by atoms with E-state index in [0.29, 0.717) is 6.42 Å². The Morgan fingerprint density at radius 2 is 1.79 bits per heavy atom. The average Bonchev–Trinajstić information content (AvgIpc) is 2.63. The first-order valence-electron chi connectivity index (χ1n) is 8.26. The van der Waals surface area contributed by atoms with Gasteiger partial charge in [0.2, 0.25) is 5.95 Å². The van der Waals surface area contributed by atoms with E-state index in [4.69, 9.17) is 5.26 Å². The van der Waals surface area contributed by atoms with E-state index in [0.717, 1.165) is 50.1 Å². The van der Waals surface area contributed by atoms with Crippen LogP contribution in [0.4, 0.5) is 5.95 Å². The highest BCUT2D eigenvalue weighted by molar-refractivity contribution is 5.33. The van der Waals surface area contributed by atoms with Gasteiger partial charge in [0.05, 0.1) is 18.2 Å². The zero-order valence-corrected chi connectivity index (χ0v) is 14.4. The lowest BCUT2D eigenvalue weighted by atomic mass is 10.2. The number of hydrogen-bond donors (Lipinski definition) is 0. The summed E-state index contributed by atoms with van der Waals surface area (Å²) < 4.78 is 0. The molecule has 6 nitrogen and oxygen atoms in total. The van der Waals surface area contributed by atoms with Crippen molar-refractivity contribution in [3.8, 4) is 6.07 Å². The van der Waals surface area contributed by atoms with Gasteiger partial charge in [-0.1, -0.05) is 13.0 Å². The number of aromatic nitrogens is 3. The van der Waals surface area contributed by atoms with Crippen LogP contribution in [0.15, 0.2) is 36.7 Å². The van der Waals surface area contributed by atoms with Crippen molar-refractivity contribution in [1.29, 1.82) is 5.26 Å². The van der Waals surface area contributed by atoms with Crippen molar-refractivity contribution >= 4 is 5.95 Å². The first kappa shape index (κ1) is 17.8. The smallest absolute Gasteiger partial charge is 0.225 e. The molecule has 1 saturated heterocycles. The highest BCUT2D eigenvalue weighted by atomic mass is 15.3. The molecule has 0 aliphatic carbocycles. The van der Waals surface area contributed by atoms with E-state index in [2.05, 4.69) is 37.7 Å². The van der Waals surface area contributed by atoms with E-state index < -0.39 is 0 Å². The molecule has 0 aromatic carbocycles. The Balaban J connectivity index is 0.000000292. The summed E-state index contributed by atoms with van der Waals surface area (Å²) in [5, 5.41) is 8.75. The van der Waals surface area contributed by atoms with E-state index >= 15 is 0 Å². The quantitative estimate of drug-likeness (QED) is 0.861. The maximum atomic E-state index is 8.75. The molecule has 1 fully saturated rings. The lowest BCUT2D eigenvalue weighted by Crippen LogP contribution is -2.46. The highest BCUT2D eigenvalue weighted by Crippen LogP contribution is 2.13. The van der Waals surface area contributed by atoms with Crippen molar-refractivity contribution in [3.05, 3.63) is 48.0 Å². The van der Waals surface area contributed by atoms with Crippen LogP contribution in [-0.2, 0) is 6.42 Å². The Labute approximate surface area is 143 Å². The van der Waals surface area contributed by atoms with Crippen molar-refractivity contribution < 1.29 is 0 Å². The van der Waals surface area contributed by atoms with Crippen molar-refractivity contribution in [1.82, 2.24) is 19.9 Å². The fraction of sp³-hybridized carbons (Fsp3) is 0.444. The van der Waals surface area contributed by atoms with Gasteiger partial charge in [0.1, 0.15) is 0 Å². The Kier molecular flexibility index (Phi) is 7.12. The van der Waals surface area contributed by atoms with Gasteiger partial charge in [-0.3, -0.25) is 4.98 Å².